The summed E-state index contributed by atoms with van der Waals surface area (Å²) >= 11 is 5.68. The molecule has 0 N–H and O–H groups in total. The van der Waals surface area contributed by atoms with Gasteiger partial charge in [-0.1, -0.05) is 0 Å². The third kappa shape index (κ3) is 46.8. The molecule has 0 rings (SSSR count). The number of hydrogen-bond acceptors (Lipinski definition) is 4. The summed E-state index contributed by atoms with van der Waals surface area (Å²) in [6.07, 6.45) is 90.2. The normalized spacial score (nSPS) is 12.8. The number of halogens is 1. The first kappa shape index (κ1) is 86.8. The fourth-order valence-electron chi connectivity index (χ4n) is 14.3. The molecule has 86 heavy (non-hydrogen) atoms. The monoisotopic (exact) mass is 1300 g/mol. The van der Waals surface area contributed by atoms with Crippen LogP contribution in [0.15, 0.2) is 0 Å². The van der Waals surface area contributed by atoms with Crippen molar-refractivity contribution >= 4 is 21.4 Å². The second-order valence-electron chi connectivity index (χ2n) is 28.5. The molecule has 520 valence electrons. The van der Waals surface area contributed by atoms with Crippen LogP contribution in [-0.4, -0.2) is 71.0 Å². The predicted molar refractivity (Wildman–Crippen MR) is 403 cm³/mol. The fraction of sp³-hybridized carbons (Fsp3) is 1.00. The predicted octanol–water partition coefficient (Wildman–Crippen LogP) is 29.8. The summed E-state index contributed by atoms with van der Waals surface area (Å²) < 4.78 is 13.7. The molecule has 0 aliphatic rings. The van der Waals surface area contributed by atoms with Gasteiger partial charge in [-0.3, -0.25) is 0 Å². The first-order chi connectivity index (χ1) is 42.4. The van der Waals surface area contributed by atoms with Crippen LogP contribution in [0.3, 0.4) is 0 Å². The van der Waals surface area contributed by atoms with E-state index in [0.717, 1.165) is 0 Å². The van der Waals surface area contributed by atoms with Crippen molar-refractivity contribution < 1.29 is 0 Å². The van der Waals surface area contributed by atoms with Crippen molar-refractivity contribution in [3.8, 4) is 0 Å². The molecule has 0 unspecified atom stereocenters. The second-order valence-corrected chi connectivity index (χ2v) is 36.2. The van der Waals surface area contributed by atoms with Crippen molar-refractivity contribution in [2.45, 2.75) is 466 Å². The number of unbranched alkanes of at least 4 members (excludes halogenated alkanes) is 56. The summed E-state index contributed by atoms with van der Waals surface area (Å²) in [5.74, 6) is -3.42. The van der Waals surface area contributed by atoms with E-state index in [1.807, 2.05) is 0 Å². The molecule has 0 bridgehead atoms. The van der Waals surface area contributed by atoms with E-state index in [1.54, 1.807) is 0 Å². The van der Waals surface area contributed by atoms with Crippen LogP contribution >= 0.6 is 21.4 Å². The molecule has 0 heterocycles. The van der Waals surface area contributed by atoms with Crippen molar-refractivity contribution in [2.24, 2.45) is 0 Å². The van der Waals surface area contributed by atoms with E-state index >= 15 is 0 Å². The Morgan fingerprint density at radius 1 is 0.140 bits per heavy atom. The van der Waals surface area contributed by atoms with Crippen molar-refractivity contribution in [1.29, 1.82) is 0 Å². The fourth-order valence-corrected chi connectivity index (χ4v) is 24.2. The van der Waals surface area contributed by atoms with Gasteiger partial charge in [0.2, 0.25) is 0 Å². The van der Waals surface area contributed by atoms with Crippen LogP contribution in [0.4, 0.5) is 0 Å². The molecule has 0 saturated heterocycles. The minimum absolute atomic E-state index is 1.27. The zero-order valence-electron chi connectivity index (χ0n) is 61.5. The Hall–Kier alpha value is 0.750. The van der Waals surface area contributed by atoms with E-state index in [9.17, 15) is 0 Å². The summed E-state index contributed by atoms with van der Waals surface area (Å²) in [5, 5.41) is 0. The molecule has 0 aromatic heterocycles. The van der Waals surface area contributed by atoms with Crippen LogP contribution in [0.1, 0.15) is 466 Å². The summed E-state index contributed by atoms with van der Waals surface area (Å²) in [4.78, 5) is 0. The SMILES string of the molecule is CCCCCCCCCCN(CCCCCCCCCC)P(Br)(N(CCCCCCCCCC)CCCCCCCCCC)(N(CCCCCCCCCC)CCCCCCCCCC)N(CCCCCCCCCC)CCCCCCCCCC. The molecule has 0 aromatic carbocycles. The molecule has 0 spiro atoms. The Labute approximate surface area is 555 Å². The zero-order chi connectivity index (χ0) is 62.7. The second kappa shape index (κ2) is 68.6. The molecule has 0 atom stereocenters. The van der Waals surface area contributed by atoms with E-state index in [-0.39, 0.29) is 0 Å². The molecule has 0 aromatic rings. The maximum absolute atomic E-state index is 5.68. The van der Waals surface area contributed by atoms with Crippen LogP contribution in [0.5, 0.6) is 0 Å². The van der Waals surface area contributed by atoms with Crippen LogP contribution in [0.2, 0.25) is 0 Å². The minimum atomic E-state index is -3.42. The Bertz CT molecular complexity index is 1000. The summed E-state index contributed by atoms with van der Waals surface area (Å²) in [7, 11) is 0. The molecule has 0 aliphatic heterocycles. The molecular formula is C80H168BrN4P. The quantitative estimate of drug-likeness (QED) is 0.0444. The van der Waals surface area contributed by atoms with E-state index in [1.165, 1.54) is 463 Å². The number of hydrogen-bond donors (Lipinski definition) is 0. The Kier molecular flexibility index (Phi) is 69.2. The molecule has 0 amide bonds. The molecule has 0 saturated carbocycles. The Morgan fingerprint density at radius 2 is 0.221 bits per heavy atom. The van der Waals surface area contributed by atoms with Crippen LogP contribution < -0.4 is 0 Å². The van der Waals surface area contributed by atoms with Gasteiger partial charge in [-0.25, -0.2) is 0 Å². The van der Waals surface area contributed by atoms with Crippen molar-refractivity contribution in [3.63, 3.8) is 0 Å². The molecule has 0 aliphatic carbocycles. The van der Waals surface area contributed by atoms with Crippen LogP contribution in [0, 0.1) is 0 Å². The molecular weight excluding hydrogens is 1130 g/mol. The van der Waals surface area contributed by atoms with Crippen LogP contribution in [0.25, 0.3) is 0 Å². The van der Waals surface area contributed by atoms with Gasteiger partial charge in [0.25, 0.3) is 0 Å². The van der Waals surface area contributed by atoms with Gasteiger partial charge in [-0.05, 0) is 0 Å². The molecule has 4 nitrogen and oxygen atoms in total. The summed E-state index contributed by atoms with van der Waals surface area (Å²) in [6, 6.07) is 0. The zero-order valence-corrected chi connectivity index (χ0v) is 64.0. The van der Waals surface area contributed by atoms with E-state index < -0.39 is 5.91 Å². The summed E-state index contributed by atoms with van der Waals surface area (Å²) in [5.41, 5.74) is 0. The van der Waals surface area contributed by atoms with Gasteiger partial charge in [-0.15, -0.1) is 0 Å². The third-order valence-electron chi connectivity index (χ3n) is 20.1. The average Bonchev–Trinajstić information content (AvgIpc) is 0.713. The topological polar surface area (TPSA) is 13.0 Å². The van der Waals surface area contributed by atoms with Crippen molar-refractivity contribution in [2.75, 3.05) is 52.4 Å². The van der Waals surface area contributed by atoms with Gasteiger partial charge >= 0.3 is 559 Å². The van der Waals surface area contributed by atoms with Gasteiger partial charge in [-0.2, -0.15) is 0 Å². The third-order valence-corrected chi connectivity index (χ3v) is 31.0. The standard InChI is InChI=1S/C80H168BrN4P/c1-9-17-25-33-41-49-57-65-73-82(74-66-58-50-42-34-26-18-10-2)86(81,83(75-67-59-51-43-35-27-19-11-3)76-68-60-52-44-36-28-20-12-4,84(77-69-61-53-45-37-29-21-13-5)78-70-62-54-46-38-30-22-14-6)85(79-71-63-55-47-39-31-23-15-7)80-72-64-56-48-40-32-24-16-8/h9-80H2,1-8H3. The van der Waals surface area contributed by atoms with Gasteiger partial charge in [0.1, 0.15) is 0 Å². The van der Waals surface area contributed by atoms with E-state index in [2.05, 4.69) is 74.1 Å². The van der Waals surface area contributed by atoms with Crippen molar-refractivity contribution in [3.05, 3.63) is 0 Å². The molecule has 6 heteroatoms. The first-order valence-corrected chi connectivity index (χ1v) is 45.2. The Morgan fingerprint density at radius 3 is 0.314 bits per heavy atom. The number of rotatable bonds is 76. The van der Waals surface area contributed by atoms with Gasteiger partial charge < -0.3 is 0 Å². The van der Waals surface area contributed by atoms with Crippen molar-refractivity contribution in [1.82, 2.24) is 18.7 Å². The molecule has 0 fully saturated rings. The van der Waals surface area contributed by atoms with Gasteiger partial charge in [0.15, 0.2) is 0 Å². The molecule has 0 radical (unpaired) electrons. The number of nitrogens with zero attached hydrogens (tertiary/aromatic N) is 4. The Balaban J connectivity index is 8.54. The summed E-state index contributed by atoms with van der Waals surface area (Å²) in [6.45, 7) is 29.3. The van der Waals surface area contributed by atoms with Gasteiger partial charge in [0.05, 0.1) is 0 Å². The first-order valence-electron chi connectivity index (χ1n) is 41.2. The van der Waals surface area contributed by atoms with E-state index in [4.69, 9.17) is 15.5 Å². The van der Waals surface area contributed by atoms with E-state index in [0.29, 0.717) is 0 Å². The van der Waals surface area contributed by atoms with Gasteiger partial charge in [0, 0.05) is 0 Å². The van der Waals surface area contributed by atoms with Crippen LogP contribution in [-0.2, 0) is 0 Å². The maximum atomic E-state index is 5.68. The average molecular weight is 1300 g/mol.